The Labute approximate surface area is 187 Å². The predicted octanol–water partition coefficient (Wildman–Crippen LogP) is 3.43. The van der Waals surface area contributed by atoms with Crippen LogP contribution in [0, 0.1) is 0 Å². The zero-order valence-corrected chi connectivity index (χ0v) is 18.5. The Bertz CT molecular complexity index is 940. The van der Waals surface area contributed by atoms with Crippen LogP contribution in [0.15, 0.2) is 48.5 Å². The molecule has 0 saturated carbocycles. The van der Waals surface area contributed by atoms with Crippen molar-refractivity contribution in [1.29, 1.82) is 0 Å². The minimum Gasteiger partial charge on any atom is -0.409 e. The number of halogens is 1. The minimum atomic E-state index is -0.503. The Morgan fingerprint density at radius 1 is 1.00 bits per heavy atom. The zero-order valence-electron chi connectivity index (χ0n) is 17.7. The second-order valence-corrected chi connectivity index (χ2v) is 7.81. The van der Waals surface area contributed by atoms with Crippen molar-refractivity contribution >= 4 is 29.4 Å². The van der Waals surface area contributed by atoms with E-state index in [9.17, 15) is 14.4 Å². The molecule has 0 aliphatic carbocycles. The molecule has 2 aromatic carbocycles. The second-order valence-electron chi connectivity index (χ2n) is 7.38. The van der Waals surface area contributed by atoms with Crippen molar-refractivity contribution in [3.63, 3.8) is 0 Å². The van der Waals surface area contributed by atoms with Gasteiger partial charge in [-0.25, -0.2) is 4.79 Å². The highest BCUT2D eigenvalue weighted by Gasteiger charge is 2.25. The van der Waals surface area contributed by atoms with Crippen molar-refractivity contribution in [1.82, 2.24) is 14.7 Å². The predicted molar refractivity (Wildman–Crippen MR) is 119 cm³/mol. The molecular weight excluding hydrogens is 418 g/mol. The Hall–Kier alpha value is -2.90. The summed E-state index contributed by atoms with van der Waals surface area (Å²) in [4.78, 5) is 42.8. The molecule has 31 heavy (non-hydrogen) atoms. The average molecular weight is 444 g/mol. The smallest absolute Gasteiger partial charge is 0.409 e. The number of rotatable bonds is 6. The molecule has 0 N–H and O–H groups in total. The molecule has 1 aliphatic rings. The van der Waals surface area contributed by atoms with Gasteiger partial charge >= 0.3 is 6.09 Å². The molecule has 0 spiro atoms. The number of hydrogen-bond donors (Lipinski definition) is 0. The quantitative estimate of drug-likeness (QED) is 0.640. The summed E-state index contributed by atoms with van der Waals surface area (Å²) in [6, 6.07) is 13.6. The molecule has 0 atom stereocenters. The molecule has 3 rings (SSSR count). The van der Waals surface area contributed by atoms with Crippen LogP contribution in [0.1, 0.15) is 27.6 Å². The number of benzene rings is 2. The molecule has 1 saturated heterocycles. The molecule has 0 aromatic heterocycles. The molecule has 0 radical (unpaired) electrons. The number of carbonyl (C=O) groups excluding carboxylic acids is 3. The Balaban J connectivity index is 1.57. The van der Waals surface area contributed by atoms with Crippen LogP contribution in [0.3, 0.4) is 0 Å². The normalized spacial score (nSPS) is 14.2. The first-order chi connectivity index (χ1) is 14.9. The van der Waals surface area contributed by atoms with Gasteiger partial charge in [-0.3, -0.25) is 14.5 Å². The maximum Gasteiger partial charge on any atom is 0.414 e. The maximum absolute atomic E-state index is 12.9. The van der Waals surface area contributed by atoms with Crippen LogP contribution in [-0.4, -0.2) is 78.8 Å². The van der Waals surface area contributed by atoms with E-state index < -0.39 is 6.09 Å². The molecule has 0 unspecified atom stereocenters. The van der Waals surface area contributed by atoms with Crippen molar-refractivity contribution in [3.05, 3.63) is 64.7 Å². The highest BCUT2D eigenvalue weighted by molar-refractivity contribution is 6.30. The van der Waals surface area contributed by atoms with E-state index >= 15 is 0 Å². The van der Waals surface area contributed by atoms with E-state index in [1.54, 1.807) is 60.5 Å². The van der Waals surface area contributed by atoms with Crippen LogP contribution in [0.25, 0.3) is 0 Å². The van der Waals surface area contributed by atoms with Crippen LogP contribution in [0.4, 0.5) is 4.79 Å². The first-order valence-electron chi connectivity index (χ1n) is 10.2. The van der Waals surface area contributed by atoms with Gasteiger partial charge in [0.2, 0.25) is 0 Å². The van der Waals surface area contributed by atoms with Gasteiger partial charge < -0.3 is 14.5 Å². The van der Waals surface area contributed by atoms with Crippen molar-refractivity contribution in [2.45, 2.75) is 6.92 Å². The van der Waals surface area contributed by atoms with Gasteiger partial charge in [0.1, 0.15) is 5.75 Å². The first-order valence-corrected chi connectivity index (χ1v) is 10.6. The molecule has 164 valence electrons. The van der Waals surface area contributed by atoms with E-state index in [2.05, 4.69) is 0 Å². The van der Waals surface area contributed by atoms with Crippen molar-refractivity contribution in [3.8, 4) is 5.75 Å². The summed E-state index contributed by atoms with van der Waals surface area (Å²) in [6.07, 6.45) is -0.503. The average Bonchev–Trinajstić information content (AvgIpc) is 2.79. The summed E-state index contributed by atoms with van der Waals surface area (Å²) >= 11 is 5.89. The van der Waals surface area contributed by atoms with E-state index in [0.29, 0.717) is 48.9 Å². The number of ketones is 1. The largest absolute Gasteiger partial charge is 0.414 e. The molecule has 1 heterocycles. The van der Waals surface area contributed by atoms with Gasteiger partial charge in [-0.05, 0) is 43.3 Å². The molecule has 1 aliphatic heterocycles. The SMILES string of the molecule is CCN(C)C(=O)Oc1ccccc1C(=O)CN1CCN(C(=O)c2ccc(Cl)cc2)CC1. The standard InChI is InChI=1S/C23H26ClN3O4/c1-3-25(2)23(30)31-21-7-5-4-6-19(21)20(28)16-26-12-14-27(15-13-26)22(29)17-8-10-18(24)11-9-17/h4-11H,3,12-16H2,1-2H3. The number of piperazine rings is 1. The summed E-state index contributed by atoms with van der Waals surface area (Å²) in [6.45, 7) is 4.79. The molecule has 0 bridgehead atoms. The van der Waals surface area contributed by atoms with E-state index in [0.717, 1.165) is 0 Å². The monoisotopic (exact) mass is 443 g/mol. The lowest BCUT2D eigenvalue weighted by atomic mass is 10.1. The Kier molecular flexibility index (Phi) is 7.65. The summed E-state index contributed by atoms with van der Waals surface area (Å²) in [7, 11) is 1.64. The van der Waals surface area contributed by atoms with Crippen LogP contribution >= 0.6 is 11.6 Å². The third-order valence-electron chi connectivity index (χ3n) is 5.29. The van der Waals surface area contributed by atoms with Gasteiger partial charge in [0, 0.05) is 50.4 Å². The van der Waals surface area contributed by atoms with Crippen LogP contribution in [-0.2, 0) is 0 Å². The fourth-order valence-corrected chi connectivity index (χ4v) is 3.39. The number of para-hydroxylation sites is 1. The summed E-state index contributed by atoms with van der Waals surface area (Å²) in [5.74, 6) is 0.0920. The fraction of sp³-hybridized carbons (Fsp3) is 0.348. The fourth-order valence-electron chi connectivity index (χ4n) is 3.26. The number of ether oxygens (including phenoxy) is 1. The summed E-state index contributed by atoms with van der Waals surface area (Å²) < 4.78 is 5.40. The highest BCUT2D eigenvalue weighted by Crippen LogP contribution is 2.20. The van der Waals surface area contributed by atoms with Crippen molar-refractivity contribution in [2.75, 3.05) is 46.3 Å². The third kappa shape index (κ3) is 5.83. The molecule has 8 heteroatoms. The molecule has 2 amide bonds. The van der Waals surface area contributed by atoms with E-state index in [1.807, 2.05) is 11.8 Å². The first kappa shape index (κ1) is 22.8. The lowest BCUT2D eigenvalue weighted by molar-refractivity contribution is 0.0624. The Morgan fingerprint density at radius 3 is 2.29 bits per heavy atom. The van der Waals surface area contributed by atoms with Crippen LogP contribution in [0.2, 0.25) is 5.02 Å². The number of carbonyl (C=O) groups is 3. The van der Waals surface area contributed by atoms with Gasteiger partial charge in [0.15, 0.2) is 5.78 Å². The van der Waals surface area contributed by atoms with E-state index in [4.69, 9.17) is 16.3 Å². The topological polar surface area (TPSA) is 70.2 Å². The van der Waals surface area contributed by atoms with Crippen molar-refractivity contribution < 1.29 is 19.1 Å². The Morgan fingerprint density at radius 2 is 1.65 bits per heavy atom. The van der Waals surface area contributed by atoms with E-state index in [-0.39, 0.29) is 24.0 Å². The zero-order chi connectivity index (χ0) is 22.4. The van der Waals surface area contributed by atoms with Crippen molar-refractivity contribution in [2.24, 2.45) is 0 Å². The number of hydrogen-bond acceptors (Lipinski definition) is 5. The van der Waals surface area contributed by atoms with Gasteiger partial charge in [-0.2, -0.15) is 0 Å². The molecular formula is C23H26ClN3O4. The lowest BCUT2D eigenvalue weighted by Gasteiger charge is -2.34. The van der Waals surface area contributed by atoms with Gasteiger partial charge in [0.25, 0.3) is 5.91 Å². The molecule has 2 aromatic rings. The minimum absolute atomic E-state index is 0.0417. The van der Waals surface area contributed by atoms with Gasteiger partial charge in [-0.15, -0.1) is 0 Å². The maximum atomic E-state index is 12.9. The van der Waals surface area contributed by atoms with Crippen LogP contribution in [0.5, 0.6) is 5.75 Å². The van der Waals surface area contributed by atoms with Crippen LogP contribution < -0.4 is 4.74 Å². The van der Waals surface area contributed by atoms with Gasteiger partial charge in [0.05, 0.1) is 12.1 Å². The highest BCUT2D eigenvalue weighted by atomic mass is 35.5. The van der Waals surface area contributed by atoms with Gasteiger partial charge in [-0.1, -0.05) is 23.7 Å². The molecule has 1 fully saturated rings. The van der Waals surface area contributed by atoms with E-state index in [1.165, 1.54) is 4.90 Å². The number of Topliss-reactive ketones (excluding diaryl/α,β-unsaturated/α-hetero) is 1. The number of nitrogens with zero attached hydrogens (tertiary/aromatic N) is 3. The number of amides is 2. The third-order valence-corrected chi connectivity index (χ3v) is 5.54. The second kappa shape index (κ2) is 10.4. The lowest BCUT2D eigenvalue weighted by Crippen LogP contribution is -2.49. The molecule has 7 nitrogen and oxygen atoms in total. The summed E-state index contributed by atoms with van der Waals surface area (Å²) in [5.41, 5.74) is 0.974. The summed E-state index contributed by atoms with van der Waals surface area (Å²) in [5, 5.41) is 0.590.